The zero-order valence-electron chi connectivity index (χ0n) is 15.2. The van der Waals surface area contributed by atoms with E-state index in [0.29, 0.717) is 30.3 Å². The Balaban J connectivity index is 2.56. The molecule has 0 aliphatic carbocycles. The van der Waals surface area contributed by atoms with Gasteiger partial charge in [-0.1, -0.05) is 58.6 Å². The zero-order chi connectivity index (χ0) is 17.8. The number of carbonyl (C=O) groups excluding carboxylic acids is 2. The van der Waals surface area contributed by atoms with E-state index in [0.717, 1.165) is 38.5 Å². The van der Waals surface area contributed by atoms with Crippen LogP contribution in [0, 0.1) is 5.92 Å². The molecule has 0 radical (unpaired) electrons. The first-order chi connectivity index (χ1) is 11.6. The van der Waals surface area contributed by atoms with Crippen LogP contribution < -0.4 is 9.47 Å². The van der Waals surface area contributed by atoms with E-state index < -0.39 is 0 Å². The predicted octanol–water partition coefficient (Wildman–Crippen LogP) is 5.29. The highest BCUT2D eigenvalue weighted by Crippen LogP contribution is 2.28. The summed E-state index contributed by atoms with van der Waals surface area (Å²) in [5.74, 6) is 0.607. The first kappa shape index (κ1) is 20.2. The van der Waals surface area contributed by atoms with Crippen LogP contribution in [0.5, 0.6) is 11.5 Å². The molecule has 0 saturated carbocycles. The van der Waals surface area contributed by atoms with Gasteiger partial charge in [-0.25, -0.2) is 0 Å². The van der Waals surface area contributed by atoms with Crippen molar-refractivity contribution in [1.29, 1.82) is 0 Å². The summed E-state index contributed by atoms with van der Waals surface area (Å²) in [6.45, 7) is 6.35. The lowest BCUT2D eigenvalue weighted by Crippen LogP contribution is -2.13. The van der Waals surface area contributed by atoms with Crippen molar-refractivity contribution < 1.29 is 19.1 Å². The van der Waals surface area contributed by atoms with E-state index in [1.807, 2.05) is 0 Å². The van der Waals surface area contributed by atoms with Crippen LogP contribution in [0.15, 0.2) is 24.3 Å². The summed E-state index contributed by atoms with van der Waals surface area (Å²) < 4.78 is 10.7. The minimum atomic E-state index is -0.288. The average molecular weight is 334 g/mol. The number of benzene rings is 1. The lowest BCUT2D eigenvalue weighted by molar-refractivity contribution is -0.137. The summed E-state index contributed by atoms with van der Waals surface area (Å²) in [4.78, 5) is 23.9. The van der Waals surface area contributed by atoms with E-state index >= 15 is 0 Å². The predicted molar refractivity (Wildman–Crippen MR) is 95.2 cm³/mol. The Kier molecular flexibility index (Phi) is 9.81. The fourth-order valence-corrected chi connectivity index (χ4v) is 2.50. The monoisotopic (exact) mass is 334 g/mol. The molecule has 134 valence electrons. The Morgan fingerprint density at radius 2 is 1.42 bits per heavy atom. The quantitative estimate of drug-likeness (QED) is 0.313. The van der Waals surface area contributed by atoms with Crippen molar-refractivity contribution in [3.05, 3.63) is 24.3 Å². The fraction of sp³-hybridized carbons (Fsp3) is 0.600. The largest absolute Gasteiger partial charge is 0.423 e. The number of esters is 2. The van der Waals surface area contributed by atoms with Crippen LogP contribution in [-0.4, -0.2) is 11.9 Å². The molecule has 0 saturated heterocycles. The molecule has 1 aromatic rings. The topological polar surface area (TPSA) is 52.6 Å². The summed E-state index contributed by atoms with van der Waals surface area (Å²) in [5, 5.41) is 0. The van der Waals surface area contributed by atoms with Crippen molar-refractivity contribution in [2.75, 3.05) is 0 Å². The van der Waals surface area contributed by atoms with Crippen molar-refractivity contribution in [2.24, 2.45) is 5.92 Å². The molecule has 24 heavy (non-hydrogen) atoms. The van der Waals surface area contributed by atoms with Gasteiger partial charge in [-0.05, 0) is 30.9 Å². The molecule has 4 nitrogen and oxygen atoms in total. The molecule has 0 bridgehead atoms. The Bertz CT molecular complexity index is 506. The van der Waals surface area contributed by atoms with Gasteiger partial charge in [-0.15, -0.1) is 0 Å². The zero-order valence-corrected chi connectivity index (χ0v) is 15.2. The summed E-state index contributed by atoms with van der Waals surface area (Å²) in [6.07, 6.45) is 6.58. The third-order valence-electron chi connectivity index (χ3n) is 4.19. The molecule has 0 aliphatic heterocycles. The van der Waals surface area contributed by atoms with Gasteiger partial charge < -0.3 is 9.47 Å². The van der Waals surface area contributed by atoms with Gasteiger partial charge >= 0.3 is 11.9 Å². The molecular formula is C20H30O4. The van der Waals surface area contributed by atoms with E-state index in [1.165, 1.54) is 0 Å². The highest BCUT2D eigenvalue weighted by atomic mass is 16.6. The maximum atomic E-state index is 12.0. The molecule has 0 spiro atoms. The van der Waals surface area contributed by atoms with Crippen LogP contribution in [0.25, 0.3) is 0 Å². The van der Waals surface area contributed by atoms with Crippen molar-refractivity contribution in [3.63, 3.8) is 0 Å². The highest BCUT2D eigenvalue weighted by Gasteiger charge is 2.14. The highest BCUT2D eigenvalue weighted by molar-refractivity contribution is 5.76. The van der Waals surface area contributed by atoms with E-state index in [1.54, 1.807) is 24.3 Å². The molecule has 0 N–H and O–H groups in total. The molecule has 0 atom stereocenters. The van der Waals surface area contributed by atoms with Gasteiger partial charge in [0.15, 0.2) is 11.5 Å². The number of rotatable bonds is 11. The molecular weight excluding hydrogens is 304 g/mol. The summed E-state index contributed by atoms with van der Waals surface area (Å²) in [6, 6.07) is 6.83. The number of para-hydroxylation sites is 2. The number of carbonyl (C=O) groups is 2. The van der Waals surface area contributed by atoms with Gasteiger partial charge in [-0.2, -0.15) is 0 Å². The standard InChI is InChI=1S/C20H30O4/c1-4-7-8-13-19(21)23-17-11-9-10-12-18(17)24-20(22)15-14-16(5-2)6-3/h9-12,16H,4-8,13-15H2,1-3H3. The van der Waals surface area contributed by atoms with E-state index in [2.05, 4.69) is 20.8 Å². The Morgan fingerprint density at radius 1 is 0.875 bits per heavy atom. The van der Waals surface area contributed by atoms with E-state index in [4.69, 9.17) is 9.47 Å². The second-order valence-electron chi connectivity index (χ2n) is 6.07. The minimum Gasteiger partial charge on any atom is -0.423 e. The Morgan fingerprint density at radius 3 is 1.92 bits per heavy atom. The molecule has 0 amide bonds. The van der Waals surface area contributed by atoms with E-state index in [-0.39, 0.29) is 11.9 Å². The third-order valence-corrected chi connectivity index (χ3v) is 4.19. The molecule has 0 heterocycles. The van der Waals surface area contributed by atoms with Crippen molar-refractivity contribution >= 4 is 11.9 Å². The number of hydrogen-bond acceptors (Lipinski definition) is 4. The molecule has 1 aromatic carbocycles. The molecule has 0 unspecified atom stereocenters. The maximum Gasteiger partial charge on any atom is 0.311 e. The van der Waals surface area contributed by atoms with Crippen LogP contribution in [0.4, 0.5) is 0 Å². The number of unbranched alkanes of at least 4 members (excludes halogenated alkanes) is 2. The normalized spacial score (nSPS) is 10.7. The van der Waals surface area contributed by atoms with Gasteiger partial charge in [0.05, 0.1) is 0 Å². The first-order valence-electron chi connectivity index (χ1n) is 9.11. The van der Waals surface area contributed by atoms with Gasteiger partial charge in [0.2, 0.25) is 0 Å². The molecule has 0 fully saturated rings. The van der Waals surface area contributed by atoms with Crippen LogP contribution in [-0.2, 0) is 9.59 Å². The second kappa shape index (κ2) is 11.7. The van der Waals surface area contributed by atoms with Crippen LogP contribution in [0.1, 0.15) is 72.1 Å². The smallest absolute Gasteiger partial charge is 0.311 e. The molecule has 4 heteroatoms. The van der Waals surface area contributed by atoms with E-state index in [9.17, 15) is 9.59 Å². The second-order valence-corrected chi connectivity index (χ2v) is 6.07. The maximum absolute atomic E-state index is 12.0. The average Bonchev–Trinajstić information content (AvgIpc) is 2.58. The number of ether oxygens (including phenoxy) is 2. The first-order valence-corrected chi connectivity index (χ1v) is 9.11. The minimum absolute atomic E-state index is 0.281. The van der Waals surface area contributed by atoms with Gasteiger partial charge in [-0.3, -0.25) is 9.59 Å². The van der Waals surface area contributed by atoms with Crippen molar-refractivity contribution in [2.45, 2.75) is 72.1 Å². The lowest BCUT2D eigenvalue weighted by atomic mass is 9.98. The van der Waals surface area contributed by atoms with Crippen molar-refractivity contribution in [1.82, 2.24) is 0 Å². The lowest BCUT2D eigenvalue weighted by Gasteiger charge is -2.13. The Hall–Kier alpha value is -1.84. The van der Waals surface area contributed by atoms with Crippen molar-refractivity contribution in [3.8, 4) is 11.5 Å². The summed E-state index contributed by atoms with van der Waals surface area (Å²) in [5.41, 5.74) is 0. The van der Waals surface area contributed by atoms with Crippen LogP contribution in [0.2, 0.25) is 0 Å². The van der Waals surface area contributed by atoms with Crippen LogP contribution in [0.3, 0.4) is 0 Å². The van der Waals surface area contributed by atoms with Gasteiger partial charge in [0.1, 0.15) is 0 Å². The molecule has 0 aliphatic rings. The van der Waals surface area contributed by atoms with Gasteiger partial charge in [0, 0.05) is 12.8 Å². The third kappa shape index (κ3) is 7.62. The molecule has 1 rings (SSSR count). The SMILES string of the molecule is CCCCCC(=O)Oc1ccccc1OC(=O)CCC(CC)CC. The molecule has 0 aromatic heterocycles. The summed E-state index contributed by atoms with van der Waals surface area (Å²) in [7, 11) is 0. The summed E-state index contributed by atoms with van der Waals surface area (Å²) >= 11 is 0. The van der Waals surface area contributed by atoms with Crippen LogP contribution >= 0.6 is 0 Å². The fourth-order valence-electron chi connectivity index (χ4n) is 2.50. The van der Waals surface area contributed by atoms with Gasteiger partial charge in [0.25, 0.3) is 0 Å². The Labute approximate surface area is 145 Å². The number of hydrogen-bond donors (Lipinski definition) is 0.